The van der Waals surface area contributed by atoms with E-state index >= 15 is 0 Å². The second kappa shape index (κ2) is 8.18. The summed E-state index contributed by atoms with van der Waals surface area (Å²) in [5.41, 5.74) is 2.22. The van der Waals surface area contributed by atoms with Crippen LogP contribution in [0.15, 0.2) is 42.5 Å². The maximum absolute atomic E-state index is 6.34. The molecule has 2 aliphatic rings. The van der Waals surface area contributed by atoms with Gasteiger partial charge in [0.15, 0.2) is 10.9 Å². The van der Waals surface area contributed by atoms with Gasteiger partial charge in [-0.15, -0.1) is 0 Å². The molecule has 4 rings (SSSR count). The van der Waals surface area contributed by atoms with E-state index in [1.165, 1.54) is 5.56 Å². The quantitative estimate of drug-likeness (QED) is 0.667. The van der Waals surface area contributed by atoms with E-state index in [0.717, 1.165) is 53.3 Å². The molecule has 2 heterocycles. The first kappa shape index (κ1) is 19.3. The zero-order valence-electron chi connectivity index (χ0n) is 16.2. The Kier molecular flexibility index (Phi) is 5.65. The lowest BCUT2D eigenvalue weighted by atomic mass is 9.89. The first-order valence-electron chi connectivity index (χ1n) is 9.90. The van der Waals surface area contributed by atoms with Crippen LogP contribution >= 0.6 is 23.8 Å². The Bertz CT molecular complexity index is 873. The molecule has 2 aliphatic heterocycles. The van der Waals surface area contributed by atoms with Crippen LogP contribution in [0, 0.1) is 5.92 Å². The number of thiocarbonyl (C=S) groups is 1. The van der Waals surface area contributed by atoms with Crippen LogP contribution in [0.2, 0.25) is 5.02 Å². The van der Waals surface area contributed by atoms with E-state index in [4.69, 9.17) is 28.6 Å². The maximum atomic E-state index is 6.34. The van der Waals surface area contributed by atoms with Crippen molar-refractivity contribution in [1.82, 2.24) is 10.6 Å². The molecule has 2 aromatic carbocycles. The molecule has 0 spiro atoms. The molecule has 0 amide bonds. The fourth-order valence-electron chi connectivity index (χ4n) is 4.06. The van der Waals surface area contributed by atoms with Crippen LogP contribution in [0.5, 0.6) is 11.5 Å². The summed E-state index contributed by atoms with van der Waals surface area (Å²) in [7, 11) is 0. The summed E-state index contributed by atoms with van der Waals surface area (Å²) in [4.78, 5) is 2.42. The zero-order valence-corrected chi connectivity index (χ0v) is 17.8. The number of nitrogens with zero attached hydrogens (tertiary/aromatic N) is 1. The number of ether oxygens (including phenoxy) is 1. The van der Waals surface area contributed by atoms with Gasteiger partial charge >= 0.3 is 0 Å². The van der Waals surface area contributed by atoms with Crippen LogP contribution in [0.1, 0.15) is 38.3 Å². The summed E-state index contributed by atoms with van der Waals surface area (Å²) in [6.07, 6.45) is 2.13. The molecule has 0 aliphatic carbocycles. The normalized spacial score (nSPS) is 20.4. The highest BCUT2D eigenvalue weighted by molar-refractivity contribution is 7.80. The highest BCUT2D eigenvalue weighted by Gasteiger charge is 2.38. The van der Waals surface area contributed by atoms with Crippen molar-refractivity contribution in [2.24, 2.45) is 5.92 Å². The standard InChI is InChI=1S/C22H26ClN3OS/c1-14(2)13-24-22(28)25-17-7-5-11-26-18-12-15(23)9-10-20(18)27-19-8-4-3-6-16(19)21(17)26/h3-4,6,8-10,12,14,17,21H,5,7,11,13H2,1-2H3,(H2,24,25,28)/t17-,21+/m1/s1. The number of piperidine rings is 1. The molecular formula is C22H26ClN3OS. The third-order valence-electron chi connectivity index (χ3n) is 5.31. The van der Waals surface area contributed by atoms with E-state index in [1.54, 1.807) is 0 Å². The molecule has 4 nitrogen and oxygen atoms in total. The van der Waals surface area contributed by atoms with Crippen molar-refractivity contribution in [3.63, 3.8) is 0 Å². The fourth-order valence-corrected chi connectivity index (χ4v) is 4.46. The van der Waals surface area contributed by atoms with E-state index in [1.807, 2.05) is 30.3 Å². The largest absolute Gasteiger partial charge is 0.455 e. The molecule has 2 atom stereocenters. The molecule has 2 N–H and O–H groups in total. The molecule has 0 saturated carbocycles. The maximum Gasteiger partial charge on any atom is 0.166 e. The van der Waals surface area contributed by atoms with Gasteiger partial charge in [0, 0.05) is 23.7 Å². The van der Waals surface area contributed by atoms with Gasteiger partial charge in [-0.05, 0) is 55.2 Å². The summed E-state index contributed by atoms with van der Waals surface area (Å²) in [6, 6.07) is 14.5. The molecule has 1 saturated heterocycles. The van der Waals surface area contributed by atoms with Crippen molar-refractivity contribution < 1.29 is 4.74 Å². The first-order valence-corrected chi connectivity index (χ1v) is 10.7. The van der Waals surface area contributed by atoms with Gasteiger partial charge in [-0.2, -0.15) is 0 Å². The van der Waals surface area contributed by atoms with Crippen LogP contribution in [-0.4, -0.2) is 24.2 Å². The van der Waals surface area contributed by atoms with E-state index in [2.05, 4.69) is 41.5 Å². The molecule has 0 aromatic heterocycles. The Morgan fingerprint density at radius 2 is 2.07 bits per heavy atom. The minimum Gasteiger partial charge on any atom is -0.455 e. The van der Waals surface area contributed by atoms with Crippen molar-refractivity contribution in [2.45, 2.75) is 38.8 Å². The van der Waals surface area contributed by atoms with Crippen molar-refractivity contribution >= 4 is 34.6 Å². The Morgan fingerprint density at radius 1 is 1.25 bits per heavy atom. The highest BCUT2D eigenvalue weighted by Crippen LogP contribution is 2.48. The second-order valence-corrected chi connectivity index (χ2v) is 8.73. The van der Waals surface area contributed by atoms with Gasteiger partial charge in [0.1, 0.15) is 5.75 Å². The van der Waals surface area contributed by atoms with Gasteiger partial charge in [-0.1, -0.05) is 43.6 Å². The molecule has 0 bridgehead atoms. The predicted octanol–water partition coefficient (Wildman–Crippen LogP) is 5.28. The Morgan fingerprint density at radius 3 is 2.89 bits per heavy atom. The highest BCUT2D eigenvalue weighted by atomic mass is 35.5. The van der Waals surface area contributed by atoms with Crippen LogP contribution < -0.4 is 20.3 Å². The molecule has 1 fully saturated rings. The summed E-state index contributed by atoms with van der Waals surface area (Å²) in [5, 5.41) is 8.36. The average Bonchev–Trinajstić information content (AvgIpc) is 2.81. The van der Waals surface area contributed by atoms with Crippen molar-refractivity contribution in [3.05, 3.63) is 53.1 Å². The smallest absolute Gasteiger partial charge is 0.166 e. The van der Waals surface area contributed by atoms with Crippen LogP contribution in [-0.2, 0) is 0 Å². The number of rotatable bonds is 3. The predicted molar refractivity (Wildman–Crippen MR) is 120 cm³/mol. The molecular weight excluding hydrogens is 390 g/mol. The number of anilines is 1. The van der Waals surface area contributed by atoms with Crippen molar-refractivity contribution in [2.75, 3.05) is 18.0 Å². The van der Waals surface area contributed by atoms with Crippen LogP contribution in [0.25, 0.3) is 0 Å². The van der Waals surface area contributed by atoms with Gasteiger partial charge in [0.25, 0.3) is 0 Å². The van der Waals surface area contributed by atoms with Gasteiger partial charge < -0.3 is 20.3 Å². The van der Waals surface area contributed by atoms with Crippen molar-refractivity contribution in [3.8, 4) is 11.5 Å². The number of para-hydroxylation sites is 1. The number of hydrogen-bond acceptors (Lipinski definition) is 3. The lowest BCUT2D eigenvalue weighted by Gasteiger charge is -2.42. The molecule has 2 aromatic rings. The SMILES string of the molecule is CC(C)CNC(=S)N[C@@H]1CCCN2c3cc(Cl)ccc3Oc3ccccc3[C@@H]12. The molecule has 28 heavy (non-hydrogen) atoms. The van der Waals surface area contributed by atoms with Crippen molar-refractivity contribution in [1.29, 1.82) is 0 Å². The Balaban J connectivity index is 1.70. The van der Waals surface area contributed by atoms with Crippen LogP contribution in [0.3, 0.4) is 0 Å². The summed E-state index contributed by atoms with van der Waals surface area (Å²) < 4.78 is 6.31. The van der Waals surface area contributed by atoms with E-state index in [-0.39, 0.29) is 12.1 Å². The van der Waals surface area contributed by atoms with E-state index in [0.29, 0.717) is 5.92 Å². The van der Waals surface area contributed by atoms with Gasteiger partial charge in [-0.3, -0.25) is 0 Å². The zero-order chi connectivity index (χ0) is 19.7. The van der Waals surface area contributed by atoms with Gasteiger partial charge in [0.2, 0.25) is 0 Å². The minimum absolute atomic E-state index is 0.128. The third-order valence-corrected chi connectivity index (χ3v) is 5.80. The topological polar surface area (TPSA) is 36.5 Å². The van der Waals surface area contributed by atoms with E-state index < -0.39 is 0 Å². The summed E-state index contributed by atoms with van der Waals surface area (Å²) >= 11 is 11.9. The number of nitrogens with one attached hydrogen (secondary N) is 2. The minimum atomic E-state index is 0.128. The Hall–Kier alpha value is -1.98. The van der Waals surface area contributed by atoms with Crippen LogP contribution in [0.4, 0.5) is 5.69 Å². The number of benzene rings is 2. The summed E-state index contributed by atoms with van der Waals surface area (Å²) in [6.45, 7) is 6.18. The summed E-state index contributed by atoms with van der Waals surface area (Å²) in [5.74, 6) is 2.29. The average molecular weight is 416 g/mol. The number of fused-ring (bicyclic) bond motifs is 5. The lowest BCUT2D eigenvalue weighted by molar-refractivity contribution is 0.380. The first-order chi connectivity index (χ1) is 13.5. The molecule has 0 unspecified atom stereocenters. The lowest BCUT2D eigenvalue weighted by Crippen LogP contribution is -2.52. The molecule has 148 valence electrons. The molecule has 6 heteroatoms. The monoisotopic (exact) mass is 415 g/mol. The third kappa shape index (κ3) is 3.91. The second-order valence-electron chi connectivity index (χ2n) is 7.89. The molecule has 0 radical (unpaired) electrons. The van der Waals surface area contributed by atoms with Gasteiger partial charge in [-0.25, -0.2) is 0 Å². The fraction of sp³-hybridized carbons (Fsp3) is 0.409. The number of halogens is 1. The van der Waals surface area contributed by atoms with E-state index in [9.17, 15) is 0 Å². The van der Waals surface area contributed by atoms with Gasteiger partial charge in [0.05, 0.1) is 17.8 Å². The number of hydrogen-bond donors (Lipinski definition) is 2. The Labute approximate surface area is 177 Å².